The Balaban J connectivity index is 1.34. The topological polar surface area (TPSA) is 122 Å². The van der Waals surface area contributed by atoms with Crippen molar-refractivity contribution in [2.24, 2.45) is 0 Å². The predicted molar refractivity (Wildman–Crippen MR) is 124 cm³/mol. The van der Waals surface area contributed by atoms with E-state index in [1.807, 2.05) is 13.8 Å². The highest BCUT2D eigenvalue weighted by Gasteiger charge is 2.40. The van der Waals surface area contributed by atoms with E-state index >= 15 is 0 Å². The van der Waals surface area contributed by atoms with Crippen LogP contribution in [0, 0.1) is 5.82 Å². The highest BCUT2D eigenvalue weighted by Crippen LogP contribution is 2.43. The van der Waals surface area contributed by atoms with Gasteiger partial charge in [-0.15, -0.1) is 0 Å². The van der Waals surface area contributed by atoms with E-state index in [0.29, 0.717) is 31.8 Å². The smallest absolute Gasteiger partial charge is 0.200 e. The van der Waals surface area contributed by atoms with Crippen molar-refractivity contribution in [2.75, 3.05) is 37.6 Å². The van der Waals surface area contributed by atoms with Crippen LogP contribution in [0.1, 0.15) is 37.5 Å². The Morgan fingerprint density at radius 3 is 2.41 bits per heavy atom. The van der Waals surface area contributed by atoms with E-state index in [1.165, 1.54) is 16.7 Å². The number of aliphatic hydroxyl groups excluding tert-OH is 3. The third-order valence-electron chi connectivity index (χ3n) is 6.63. The molecule has 3 unspecified atom stereocenters. The fourth-order valence-electron chi connectivity index (χ4n) is 4.85. The summed E-state index contributed by atoms with van der Waals surface area (Å²) in [7, 11) is 0. The van der Waals surface area contributed by atoms with E-state index in [9.17, 15) is 29.9 Å². The van der Waals surface area contributed by atoms with Crippen LogP contribution in [0.15, 0.2) is 18.2 Å². The van der Waals surface area contributed by atoms with Gasteiger partial charge in [0.2, 0.25) is 0 Å². The molecule has 3 atom stereocenters. The van der Waals surface area contributed by atoms with E-state index in [4.69, 9.17) is 4.74 Å². The lowest BCUT2D eigenvalue weighted by atomic mass is 9.88. The molecule has 0 amide bonds. The number of aromatic nitrogens is 1. The van der Waals surface area contributed by atoms with Crippen LogP contribution >= 0.6 is 0 Å². The molecule has 5 N–H and O–H groups in total. The van der Waals surface area contributed by atoms with Crippen LogP contribution in [0.2, 0.25) is 0 Å². The SMILES string of the molecule is CC(C)Oc1ccc(F)cc1N1CCN(CCCn2c(O)c3c(c2O)C(O)C(O)C(O)C3)CC1. The maximum Gasteiger partial charge on any atom is 0.200 e. The highest BCUT2D eigenvalue weighted by molar-refractivity contribution is 5.59. The minimum Gasteiger partial charge on any atom is -0.494 e. The molecule has 2 aromatic rings. The molecule has 1 aromatic heterocycles. The number of hydrogen-bond acceptors (Lipinski definition) is 8. The van der Waals surface area contributed by atoms with Crippen molar-refractivity contribution in [2.45, 2.75) is 57.6 Å². The molecule has 1 aliphatic heterocycles. The molecule has 0 saturated carbocycles. The van der Waals surface area contributed by atoms with Gasteiger partial charge < -0.3 is 35.2 Å². The van der Waals surface area contributed by atoms with Gasteiger partial charge in [0.15, 0.2) is 11.8 Å². The summed E-state index contributed by atoms with van der Waals surface area (Å²) >= 11 is 0. The monoisotopic (exact) mass is 479 g/mol. The molecule has 10 heteroatoms. The first-order chi connectivity index (χ1) is 16.2. The van der Waals surface area contributed by atoms with Crippen LogP contribution in [-0.2, 0) is 13.0 Å². The van der Waals surface area contributed by atoms with Crippen LogP contribution in [-0.4, -0.2) is 86.0 Å². The van der Waals surface area contributed by atoms with Gasteiger partial charge in [0, 0.05) is 50.8 Å². The van der Waals surface area contributed by atoms with Gasteiger partial charge in [0.25, 0.3) is 0 Å². The molecule has 0 spiro atoms. The normalized spacial score (nSPS) is 23.4. The number of anilines is 1. The second-order valence-electron chi connectivity index (χ2n) is 9.36. The zero-order valence-electron chi connectivity index (χ0n) is 19.6. The quantitative estimate of drug-likeness (QED) is 0.404. The lowest BCUT2D eigenvalue weighted by molar-refractivity contribution is -0.0692. The van der Waals surface area contributed by atoms with E-state index in [-0.39, 0.29) is 41.2 Å². The van der Waals surface area contributed by atoms with E-state index in [1.54, 1.807) is 6.07 Å². The summed E-state index contributed by atoms with van der Waals surface area (Å²) < 4.78 is 21.0. The zero-order valence-corrected chi connectivity index (χ0v) is 19.6. The molecule has 2 heterocycles. The molecule has 1 aliphatic carbocycles. The number of piperazine rings is 1. The van der Waals surface area contributed by atoms with Crippen LogP contribution in [0.25, 0.3) is 0 Å². The van der Waals surface area contributed by atoms with Crippen LogP contribution < -0.4 is 9.64 Å². The van der Waals surface area contributed by atoms with Gasteiger partial charge in [-0.2, -0.15) is 0 Å². The minimum atomic E-state index is -1.45. The summed E-state index contributed by atoms with van der Waals surface area (Å²) in [5, 5.41) is 51.1. The Kier molecular flexibility index (Phi) is 7.22. The zero-order chi connectivity index (χ0) is 24.6. The van der Waals surface area contributed by atoms with Crippen molar-refractivity contribution in [3.63, 3.8) is 0 Å². The van der Waals surface area contributed by atoms with Gasteiger partial charge in [-0.05, 0) is 38.9 Å². The van der Waals surface area contributed by atoms with Crippen molar-refractivity contribution in [3.05, 3.63) is 35.1 Å². The van der Waals surface area contributed by atoms with E-state index in [0.717, 1.165) is 25.3 Å². The molecule has 9 nitrogen and oxygen atoms in total. The minimum absolute atomic E-state index is 0.00896. The molecular formula is C24H34FN3O6. The van der Waals surface area contributed by atoms with Crippen LogP contribution in [0.4, 0.5) is 10.1 Å². The highest BCUT2D eigenvalue weighted by atomic mass is 19.1. The second kappa shape index (κ2) is 9.99. The second-order valence-corrected chi connectivity index (χ2v) is 9.36. The molecule has 1 aromatic carbocycles. The molecular weight excluding hydrogens is 445 g/mol. The Morgan fingerprint density at radius 1 is 1.03 bits per heavy atom. The maximum absolute atomic E-state index is 13.9. The molecule has 2 aliphatic rings. The number of aliphatic hydroxyl groups is 3. The number of fused-ring (bicyclic) bond motifs is 1. The Bertz CT molecular complexity index is 1010. The molecule has 188 valence electrons. The lowest BCUT2D eigenvalue weighted by Crippen LogP contribution is -2.47. The molecule has 34 heavy (non-hydrogen) atoms. The Labute approximate surface area is 198 Å². The average Bonchev–Trinajstić information content (AvgIpc) is 3.03. The van der Waals surface area contributed by atoms with Crippen molar-refractivity contribution < 1.29 is 34.7 Å². The van der Waals surface area contributed by atoms with Gasteiger partial charge in [-0.3, -0.25) is 9.47 Å². The predicted octanol–water partition coefficient (Wildman–Crippen LogP) is 1.35. The van der Waals surface area contributed by atoms with Crippen molar-refractivity contribution in [1.29, 1.82) is 0 Å². The summed E-state index contributed by atoms with van der Waals surface area (Å²) in [6.07, 6.45) is -3.47. The Hall–Kier alpha value is -2.53. The van der Waals surface area contributed by atoms with Gasteiger partial charge in [-0.1, -0.05) is 0 Å². The molecule has 1 saturated heterocycles. The standard InChI is InChI=1S/C24H34FN3O6/c1-14(2)34-19-5-4-15(25)12-17(19)27-10-8-26(9-11-27)6-3-7-28-23(32)16-13-18(29)21(30)22(31)20(16)24(28)33/h4-5,12,14,18,21-22,29-33H,3,6-11,13H2,1-2H3. The summed E-state index contributed by atoms with van der Waals surface area (Å²) in [6, 6.07) is 4.58. The summed E-state index contributed by atoms with van der Waals surface area (Å²) in [4.78, 5) is 4.38. The summed E-state index contributed by atoms with van der Waals surface area (Å²) in [5.74, 6) is -0.0943. The third kappa shape index (κ3) is 4.81. The first kappa shape index (κ1) is 24.6. The number of aromatic hydroxyl groups is 2. The van der Waals surface area contributed by atoms with Gasteiger partial charge in [0.05, 0.1) is 23.5 Å². The number of rotatable bonds is 7. The fourth-order valence-corrected chi connectivity index (χ4v) is 4.85. The van der Waals surface area contributed by atoms with Gasteiger partial charge in [-0.25, -0.2) is 4.39 Å². The van der Waals surface area contributed by atoms with E-state index in [2.05, 4.69) is 9.80 Å². The molecule has 4 rings (SSSR count). The number of benzene rings is 1. The summed E-state index contributed by atoms with van der Waals surface area (Å²) in [5.41, 5.74) is 1.11. The number of nitrogens with zero attached hydrogens (tertiary/aromatic N) is 3. The fraction of sp³-hybridized carbons (Fsp3) is 0.583. The van der Waals surface area contributed by atoms with Crippen molar-refractivity contribution >= 4 is 5.69 Å². The number of ether oxygens (including phenoxy) is 1. The molecule has 0 radical (unpaired) electrons. The largest absolute Gasteiger partial charge is 0.494 e. The third-order valence-corrected chi connectivity index (χ3v) is 6.63. The first-order valence-electron chi connectivity index (χ1n) is 11.8. The van der Waals surface area contributed by atoms with Crippen LogP contribution in [0.3, 0.4) is 0 Å². The average molecular weight is 480 g/mol. The maximum atomic E-state index is 13.9. The number of hydrogen-bond donors (Lipinski definition) is 5. The Morgan fingerprint density at radius 2 is 1.74 bits per heavy atom. The van der Waals surface area contributed by atoms with Crippen molar-refractivity contribution in [1.82, 2.24) is 9.47 Å². The van der Waals surface area contributed by atoms with Crippen molar-refractivity contribution in [3.8, 4) is 17.5 Å². The van der Waals surface area contributed by atoms with Gasteiger partial charge in [0.1, 0.15) is 23.8 Å². The first-order valence-corrected chi connectivity index (χ1v) is 11.8. The van der Waals surface area contributed by atoms with Gasteiger partial charge >= 0.3 is 0 Å². The summed E-state index contributed by atoms with van der Waals surface area (Å²) in [6.45, 7) is 7.90. The lowest BCUT2D eigenvalue weighted by Gasteiger charge is -2.37. The van der Waals surface area contributed by atoms with E-state index < -0.39 is 18.3 Å². The molecule has 0 bridgehead atoms. The van der Waals surface area contributed by atoms with Crippen LogP contribution in [0.5, 0.6) is 17.5 Å². The molecule has 1 fully saturated rings. The number of halogens is 1.